The summed E-state index contributed by atoms with van der Waals surface area (Å²) in [5.41, 5.74) is 1.92. The number of carbonyl (C=O) groups excluding carboxylic acids is 2. The van der Waals surface area contributed by atoms with Crippen molar-refractivity contribution in [2.75, 3.05) is 13.2 Å². The second-order valence-corrected chi connectivity index (χ2v) is 8.72. The average molecular weight is 397 g/mol. The van der Waals surface area contributed by atoms with E-state index < -0.39 is 16.0 Å². The maximum absolute atomic E-state index is 12.2. The van der Waals surface area contributed by atoms with Gasteiger partial charge in [-0.15, -0.1) is 0 Å². The van der Waals surface area contributed by atoms with E-state index >= 15 is 0 Å². The molecular weight excluding hydrogens is 368 g/mol. The Morgan fingerprint density at radius 1 is 1.15 bits per heavy atom. The predicted molar refractivity (Wildman–Crippen MR) is 102 cm³/mol. The van der Waals surface area contributed by atoms with Crippen LogP contribution in [0.4, 0.5) is 0 Å². The number of benzene rings is 1. The Balaban J connectivity index is 1.65. The quantitative estimate of drug-likeness (QED) is 0.491. The van der Waals surface area contributed by atoms with E-state index in [9.17, 15) is 18.0 Å². The van der Waals surface area contributed by atoms with E-state index in [4.69, 9.17) is 4.74 Å². The molecule has 2 N–H and O–H groups in total. The first-order valence-electron chi connectivity index (χ1n) is 9.30. The number of nitrogens with one attached hydrogen (secondary N) is 2. The van der Waals surface area contributed by atoms with Gasteiger partial charge in [-0.25, -0.2) is 13.1 Å². The molecule has 1 saturated carbocycles. The summed E-state index contributed by atoms with van der Waals surface area (Å²) < 4.78 is 31.9. The first-order chi connectivity index (χ1) is 12.8. The molecule has 0 aliphatic heterocycles. The van der Waals surface area contributed by atoms with Crippen LogP contribution in [0, 0.1) is 13.8 Å². The van der Waals surface area contributed by atoms with Gasteiger partial charge in [-0.3, -0.25) is 9.59 Å². The van der Waals surface area contributed by atoms with Gasteiger partial charge in [-0.1, -0.05) is 18.9 Å². The van der Waals surface area contributed by atoms with Crippen molar-refractivity contribution in [3.63, 3.8) is 0 Å². The minimum absolute atomic E-state index is 0.0478. The van der Waals surface area contributed by atoms with Crippen molar-refractivity contribution in [1.29, 1.82) is 0 Å². The zero-order valence-corrected chi connectivity index (χ0v) is 16.7. The molecule has 0 unspecified atom stereocenters. The maximum atomic E-state index is 12.2. The normalized spacial score (nSPS) is 14.9. The molecule has 1 aromatic carbocycles. The van der Waals surface area contributed by atoms with Crippen LogP contribution in [0.25, 0.3) is 0 Å². The summed E-state index contributed by atoms with van der Waals surface area (Å²) in [4.78, 5) is 23.6. The lowest BCUT2D eigenvalue weighted by atomic mass is 10.1. The maximum Gasteiger partial charge on any atom is 0.306 e. The molecule has 1 aliphatic carbocycles. The Labute approximate surface area is 160 Å². The number of carbonyl (C=O) groups is 2. The molecule has 1 fully saturated rings. The van der Waals surface area contributed by atoms with E-state index in [0.29, 0.717) is 6.42 Å². The van der Waals surface area contributed by atoms with E-state index in [1.54, 1.807) is 18.2 Å². The highest BCUT2D eigenvalue weighted by Gasteiger charge is 2.18. The van der Waals surface area contributed by atoms with Crippen molar-refractivity contribution >= 4 is 21.9 Å². The Hall–Kier alpha value is -1.93. The summed E-state index contributed by atoms with van der Waals surface area (Å²) >= 11 is 0. The van der Waals surface area contributed by atoms with Crippen molar-refractivity contribution in [3.8, 4) is 0 Å². The van der Waals surface area contributed by atoms with Crippen LogP contribution in [0.15, 0.2) is 23.1 Å². The Bertz CT molecular complexity index is 770. The number of esters is 1. The van der Waals surface area contributed by atoms with Crippen molar-refractivity contribution < 1.29 is 22.7 Å². The molecule has 0 spiro atoms. The van der Waals surface area contributed by atoms with Crippen LogP contribution in [0.1, 0.15) is 49.7 Å². The van der Waals surface area contributed by atoms with E-state index in [1.807, 2.05) is 13.8 Å². The molecule has 0 aromatic heterocycles. The Morgan fingerprint density at radius 3 is 2.52 bits per heavy atom. The van der Waals surface area contributed by atoms with Crippen LogP contribution < -0.4 is 10.0 Å². The van der Waals surface area contributed by atoms with Crippen molar-refractivity contribution in [3.05, 3.63) is 29.3 Å². The molecule has 150 valence electrons. The molecule has 0 heterocycles. The fourth-order valence-electron chi connectivity index (χ4n) is 2.96. The monoisotopic (exact) mass is 396 g/mol. The predicted octanol–water partition coefficient (Wildman–Crippen LogP) is 1.96. The highest BCUT2D eigenvalue weighted by molar-refractivity contribution is 7.89. The number of ether oxygens (including phenoxy) is 1. The lowest BCUT2D eigenvalue weighted by Gasteiger charge is -2.12. The van der Waals surface area contributed by atoms with Gasteiger partial charge in [0.2, 0.25) is 10.0 Å². The van der Waals surface area contributed by atoms with Crippen LogP contribution in [0.2, 0.25) is 0 Å². The van der Waals surface area contributed by atoms with Crippen LogP contribution in [-0.2, 0) is 24.3 Å². The summed E-state index contributed by atoms with van der Waals surface area (Å²) in [6.07, 6.45) is 4.52. The summed E-state index contributed by atoms with van der Waals surface area (Å²) in [5.74, 6) is -0.798. The third kappa shape index (κ3) is 6.95. The smallest absolute Gasteiger partial charge is 0.306 e. The van der Waals surface area contributed by atoms with Gasteiger partial charge < -0.3 is 10.1 Å². The van der Waals surface area contributed by atoms with Gasteiger partial charge in [-0.05, 0) is 56.4 Å². The molecule has 0 bridgehead atoms. The summed E-state index contributed by atoms with van der Waals surface area (Å²) in [7, 11) is -3.60. The summed E-state index contributed by atoms with van der Waals surface area (Å²) in [6, 6.07) is 5.13. The number of amides is 1. The van der Waals surface area contributed by atoms with E-state index in [-0.39, 0.29) is 36.4 Å². The molecule has 0 saturated heterocycles. The Morgan fingerprint density at radius 2 is 1.85 bits per heavy atom. The molecule has 1 aliphatic rings. The zero-order valence-electron chi connectivity index (χ0n) is 15.9. The fraction of sp³-hybridized carbons (Fsp3) is 0.579. The van der Waals surface area contributed by atoms with Gasteiger partial charge in [0.25, 0.3) is 5.91 Å². The summed E-state index contributed by atoms with van der Waals surface area (Å²) in [6.45, 7) is 3.61. The Kier molecular flexibility index (Phi) is 7.79. The number of sulfonamides is 1. The van der Waals surface area contributed by atoms with E-state index in [2.05, 4.69) is 10.0 Å². The van der Waals surface area contributed by atoms with Gasteiger partial charge in [-0.2, -0.15) is 0 Å². The highest BCUT2D eigenvalue weighted by atomic mass is 32.2. The first-order valence-corrected chi connectivity index (χ1v) is 10.8. The van der Waals surface area contributed by atoms with Gasteiger partial charge in [0.05, 0.1) is 4.90 Å². The molecule has 0 atom stereocenters. The van der Waals surface area contributed by atoms with Crippen LogP contribution >= 0.6 is 0 Å². The third-order valence-electron chi connectivity index (χ3n) is 4.72. The van der Waals surface area contributed by atoms with Crippen molar-refractivity contribution in [2.45, 2.75) is 63.3 Å². The second kappa shape index (κ2) is 9.85. The lowest BCUT2D eigenvalue weighted by molar-refractivity contribution is -0.148. The van der Waals surface area contributed by atoms with Gasteiger partial charge in [0, 0.05) is 19.0 Å². The fourth-order valence-corrected chi connectivity index (χ4v) is 4.12. The average Bonchev–Trinajstić information content (AvgIpc) is 3.12. The number of aryl methyl sites for hydroxylation is 2. The largest absolute Gasteiger partial charge is 0.456 e. The standard InChI is InChI=1S/C19H28N2O5S/c1-14-9-10-17(12-15(14)2)27(24,25)20-11-5-8-19(23)26-13-18(22)21-16-6-3-4-7-16/h9-10,12,16,20H,3-8,11,13H2,1-2H3,(H,21,22). The van der Waals surface area contributed by atoms with Crippen LogP contribution in [0.3, 0.4) is 0 Å². The molecule has 8 heteroatoms. The van der Waals surface area contributed by atoms with E-state index in [0.717, 1.165) is 36.8 Å². The topological polar surface area (TPSA) is 102 Å². The third-order valence-corrected chi connectivity index (χ3v) is 6.18. The highest BCUT2D eigenvalue weighted by Crippen LogP contribution is 2.17. The minimum atomic E-state index is -3.60. The second-order valence-electron chi connectivity index (χ2n) is 6.96. The molecule has 7 nitrogen and oxygen atoms in total. The van der Waals surface area contributed by atoms with Gasteiger partial charge in [0.15, 0.2) is 6.61 Å². The molecule has 2 rings (SSSR count). The zero-order chi connectivity index (χ0) is 19.9. The van der Waals surface area contributed by atoms with E-state index in [1.165, 1.54) is 0 Å². The van der Waals surface area contributed by atoms with Crippen molar-refractivity contribution in [2.24, 2.45) is 0 Å². The molecule has 1 amide bonds. The molecule has 27 heavy (non-hydrogen) atoms. The SMILES string of the molecule is Cc1ccc(S(=O)(=O)NCCCC(=O)OCC(=O)NC2CCCC2)cc1C. The van der Waals surface area contributed by atoms with Crippen molar-refractivity contribution in [1.82, 2.24) is 10.0 Å². The number of rotatable bonds is 9. The molecule has 0 radical (unpaired) electrons. The summed E-state index contributed by atoms with van der Waals surface area (Å²) in [5, 5.41) is 2.84. The molecule has 1 aromatic rings. The van der Waals surface area contributed by atoms with Gasteiger partial charge >= 0.3 is 5.97 Å². The minimum Gasteiger partial charge on any atom is -0.456 e. The van der Waals surface area contributed by atoms with Gasteiger partial charge in [0.1, 0.15) is 0 Å². The van der Waals surface area contributed by atoms with Crippen LogP contribution in [0.5, 0.6) is 0 Å². The molecular formula is C19H28N2O5S. The number of hydrogen-bond donors (Lipinski definition) is 2. The number of hydrogen-bond acceptors (Lipinski definition) is 5. The first kappa shape index (κ1) is 21.4. The van der Waals surface area contributed by atoms with Crippen LogP contribution in [-0.4, -0.2) is 39.5 Å². The lowest BCUT2D eigenvalue weighted by Crippen LogP contribution is -2.36.